The Morgan fingerprint density at radius 2 is 1.77 bits per heavy atom. The monoisotopic (exact) mass is 422 g/mol. The van der Waals surface area contributed by atoms with Gasteiger partial charge < -0.3 is 24.8 Å². The molecule has 0 aliphatic carbocycles. The van der Waals surface area contributed by atoms with Crippen molar-refractivity contribution in [1.82, 2.24) is 10.2 Å². The maximum atomic E-state index is 12.4. The van der Waals surface area contributed by atoms with Crippen molar-refractivity contribution in [2.24, 2.45) is 0 Å². The predicted octanol–water partition coefficient (Wildman–Crippen LogP) is 4.10. The van der Waals surface area contributed by atoms with Crippen LogP contribution in [0.5, 0.6) is 5.75 Å². The zero-order valence-corrected chi connectivity index (χ0v) is 18.9. The van der Waals surface area contributed by atoms with Gasteiger partial charge in [-0.15, -0.1) is 0 Å². The summed E-state index contributed by atoms with van der Waals surface area (Å²) in [4.78, 5) is 25.4. The highest BCUT2D eigenvalue weighted by atomic mass is 16.5. The van der Waals surface area contributed by atoms with E-state index in [0.717, 1.165) is 31.4 Å². The minimum Gasteiger partial charge on any atom is -0.492 e. The highest BCUT2D eigenvalue weighted by molar-refractivity contribution is 5.74. The molecule has 0 saturated heterocycles. The van der Waals surface area contributed by atoms with Crippen molar-refractivity contribution >= 4 is 12.0 Å². The molecule has 30 heavy (non-hydrogen) atoms. The van der Waals surface area contributed by atoms with Crippen LogP contribution in [0.1, 0.15) is 58.9 Å². The smallest absolute Gasteiger partial charge is 0.333 e. The van der Waals surface area contributed by atoms with Crippen LogP contribution in [0.25, 0.3) is 0 Å². The summed E-state index contributed by atoms with van der Waals surface area (Å²) in [7, 11) is 0. The van der Waals surface area contributed by atoms with Crippen LogP contribution in [0.4, 0.5) is 4.79 Å². The molecular formula is C23H38N2O5. The minimum absolute atomic E-state index is 0.0592. The van der Waals surface area contributed by atoms with Gasteiger partial charge in [0, 0.05) is 25.6 Å². The lowest BCUT2D eigenvalue weighted by Gasteiger charge is -2.24. The highest BCUT2D eigenvalue weighted by Gasteiger charge is 2.18. The van der Waals surface area contributed by atoms with Gasteiger partial charge in [0.05, 0.1) is 6.54 Å². The van der Waals surface area contributed by atoms with E-state index in [1.807, 2.05) is 43.0 Å². The largest absolute Gasteiger partial charge is 0.492 e. The fraction of sp³-hybridized carbons (Fsp3) is 0.652. The first-order valence-electron chi connectivity index (χ1n) is 11.0. The number of ether oxygens (including phenoxy) is 2. The van der Waals surface area contributed by atoms with Crippen LogP contribution in [-0.4, -0.2) is 60.5 Å². The molecule has 0 aromatic heterocycles. The van der Waals surface area contributed by atoms with E-state index in [1.165, 1.54) is 6.42 Å². The van der Waals surface area contributed by atoms with E-state index in [0.29, 0.717) is 31.9 Å². The molecule has 0 aliphatic heterocycles. The third-order valence-electron chi connectivity index (χ3n) is 4.60. The van der Waals surface area contributed by atoms with E-state index in [4.69, 9.17) is 9.47 Å². The van der Waals surface area contributed by atoms with Crippen molar-refractivity contribution < 1.29 is 24.2 Å². The SMILES string of the molecule is CCCCCCN(CCOc1ccc(CC(OCC)C(=O)O)cc1)C(=O)NC(C)C. The summed E-state index contributed by atoms with van der Waals surface area (Å²) in [6.07, 6.45) is 3.90. The maximum absolute atomic E-state index is 12.4. The Balaban J connectivity index is 2.54. The average molecular weight is 423 g/mol. The van der Waals surface area contributed by atoms with Crippen molar-refractivity contribution in [2.75, 3.05) is 26.3 Å². The third-order valence-corrected chi connectivity index (χ3v) is 4.60. The van der Waals surface area contributed by atoms with E-state index in [1.54, 1.807) is 6.92 Å². The Kier molecular flexibility index (Phi) is 12.6. The Morgan fingerprint density at radius 3 is 2.33 bits per heavy atom. The van der Waals surface area contributed by atoms with Gasteiger partial charge in [-0.25, -0.2) is 9.59 Å². The van der Waals surface area contributed by atoms with Crippen molar-refractivity contribution in [3.05, 3.63) is 29.8 Å². The second-order valence-corrected chi connectivity index (χ2v) is 7.63. The molecule has 7 heteroatoms. The first kappa shape index (κ1) is 25.8. The molecule has 0 radical (unpaired) electrons. The molecule has 1 atom stereocenters. The number of hydrogen-bond acceptors (Lipinski definition) is 4. The zero-order chi connectivity index (χ0) is 22.4. The summed E-state index contributed by atoms with van der Waals surface area (Å²) in [6, 6.07) is 7.36. The quantitative estimate of drug-likeness (QED) is 0.416. The predicted molar refractivity (Wildman–Crippen MR) is 118 cm³/mol. The fourth-order valence-corrected chi connectivity index (χ4v) is 3.01. The van der Waals surface area contributed by atoms with Gasteiger partial charge in [0.2, 0.25) is 0 Å². The van der Waals surface area contributed by atoms with Crippen molar-refractivity contribution in [2.45, 2.75) is 71.9 Å². The molecule has 1 unspecified atom stereocenters. The molecule has 0 saturated carbocycles. The number of aliphatic carboxylic acids is 1. The molecule has 7 nitrogen and oxygen atoms in total. The van der Waals surface area contributed by atoms with Crippen LogP contribution in [0.15, 0.2) is 24.3 Å². The summed E-state index contributed by atoms with van der Waals surface area (Å²) in [5.74, 6) is -0.270. The van der Waals surface area contributed by atoms with Crippen LogP contribution in [0.3, 0.4) is 0 Å². The lowest BCUT2D eigenvalue weighted by molar-refractivity contribution is -0.149. The van der Waals surface area contributed by atoms with Crippen LogP contribution in [0.2, 0.25) is 0 Å². The molecule has 0 heterocycles. The summed E-state index contributed by atoms with van der Waals surface area (Å²) >= 11 is 0. The van der Waals surface area contributed by atoms with E-state index in [-0.39, 0.29) is 12.1 Å². The molecule has 0 aliphatic rings. The Hall–Kier alpha value is -2.28. The molecule has 0 spiro atoms. The van der Waals surface area contributed by atoms with Gasteiger partial charge in [0.25, 0.3) is 0 Å². The van der Waals surface area contributed by atoms with Crippen LogP contribution >= 0.6 is 0 Å². The van der Waals surface area contributed by atoms with Crippen LogP contribution in [-0.2, 0) is 16.0 Å². The van der Waals surface area contributed by atoms with E-state index in [9.17, 15) is 14.7 Å². The molecule has 0 fully saturated rings. The lowest BCUT2D eigenvalue weighted by atomic mass is 10.1. The topological polar surface area (TPSA) is 88.1 Å². The number of rotatable bonds is 15. The fourth-order valence-electron chi connectivity index (χ4n) is 3.01. The van der Waals surface area contributed by atoms with Crippen molar-refractivity contribution in [1.29, 1.82) is 0 Å². The zero-order valence-electron chi connectivity index (χ0n) is 18.9. The van der Waals surface area contributed by atoms with E-state index in [2.05, 4.69) is 12.2 Å². The number of carbonyl (C=O) groups is 2. The van der Waals surface area contributed by atoms with Gasteiger partial charge in [-0.3, -0.25) is 0 Å². The molecule has 2 amide bonds. The molecule has 2 N–H and O–H groups in total. The number of carbonyl (C=O) groups excluding carboxylic acids is 1. The molecular weight excluding hydrogens is 384 g/mol. The van der Waals surface area contributed by atoms with E-state index >= 15 is 0 Å². The average Bonchev–Trinajstić information content (AvgIpc) is 2.70. The molecule has 1 aromatic rings. The summed E-state index contributed by atoms with van der Waals surface area (Å²) in [5.41, 5.74) is 0.872. The summed E-state index contributed by atoms with van der Waals surface area (Å²) in [5, 5.41) is 12.1. The molecule has 1 rings (SSSR count). The lowest BCUT2D eigenvalue weighted by Crippen LogP contribution is -2.45. The van der Waals surface area contributed by atoms with E-state index < -0.39 is 12.1 Å². The second kappa shape index (κ2) is 14.7. The molecule has 0 bridgehead atoms. The highest BCUT2D eigenvalue weighted by Crippen LogP contribution is 2.15. The number of hydrogen-bond donors (Lipinski definition) is 2. The van der Waals surface area contributed by atoms with Gasteiger partial charge >= 0.3 is 12.0 Å². The normalized spacial score (nSPS) is 11.9. The molecule has 170 valence electrons. The first-order valence-corrected chi connectivity index (χ1v) is 11.0. The number of urea groups is 1. The minimum atomic E-state index is -0.962. The third kappa shape index (κ3) is 10.5. The Labute approximate surface area is 180 Å². The number of nitrogens with one attached hydrogen (secondary N) is 1. The summed E-state index contributed by atoms with van der Waals surface area (Å²) < 4.78 is 11.1. The Morgan fingerprint density at radius 1 is 1.07 bits per heavy atom. The van der Waals surface area contributed by atoms with Gasteiger partial charge in [0.15, 0.2) is 6.10 Å². The van der Waals surface area contributed by atoms with Crippen molar-refractivity contribution in [3.63, 3.8) is 0 Å². The maximum Gasteiger partial charge on any atom is 0.333 e. The van der Waals surface area contributed by atoms with Gasteiger partial charge in [-0.05, 0) is 44.9 Å². The number of carboxylic acids is 1. The number of nitrogens with zero attached hydrogens (tertiary/aromatic N) is 1. The van der Waals surface area contributed by atoms with Gasteiger partial charge in [-0.1, -0.05) is 38.3 Å². The van der Waals surface area contributed by atoms with Gasteiger partial charge in [0.1, 0.15) is 12.4 Å². The first-order chi connectivity index (χ1) is 14.4. The standard InChI is InChI=1S/C23H38N2O5/c1-5-7-8-9-14-25(23(28)24-18(3)4)15-16-30-20-12-10-19(11-13-20)17-21(22(26)27)29-6-2/h10-13,18,21H,5-9,14-17H2,1-4H3,(H,24,28)(H,26,27). The number of carboxylic acid groups (broad SMARTS) is 1. The summed E-state index contributed by atoms with van der Waals surface area (Å²) in [6.45, 7) is 9.83. The number of amides is 2. The number of benzene rings is 1. The van der Waals surface area contributed by atoms with Crippen LogP contribution < -0.4 is 10.1 Å². The second-order valence-electron chi connectivity index (χ2n) is 7.63. The number of unbranched alkanes of at least 4 members (excludes halogenated alkanes) is 3. The van der Waals surface area contributed by atoms with Crippen LogP contribution in [0, 0.1) is 0 Å². The molecule has 1 aromatic carbocycles. The van der Waals surface area contributed by atoms with Gasteiger partial charge in [-0.2, -0.15) is 0 Å². The Bertz CT molecular complexity index is 619. The van der Waals surface area contributed by atoms with Crippen molar-refractivity contribution in [3.8, 4) is 5.75 Å².